The zero-order valence-electron chi connectivity index (χ0n) is 8.29. The number of aldehydes is 1. The summed E-state index contributed by atoms with van der Waals surface area (Å²) in [7, 11) is 1.62. The fraction of sp³-hybridized carbons (Fsp3) is 0.364. The zero-order chi connectivity index (χ0) is 10.6. The largest absolute Gasteiger partial charge is 0.373 e. The van der Waals surface area contributed by atoms with E-state index in [0.717, 1.165) is 16.3 Å². The molecular formula is C11H13BrO2. The fourth-order valence-corrected chi connectivity index (χ4v) is 1.69. The van der Waals surface area contributed by atoms with Crippen molar-refractivity contribution in [1.82, 2.24) is 0 Å². The highest BCUT2D eigenvalue weighted by Gasteiger charge is 2.25. The standard InChI is InChI=1S/C11H13BrO2/c1-11(14-2,6-7-13)9-4-3-5-10(12)8-9/h3-5,7-8H,6H2,1-2H3. The van der Waals surface area contributed by atoms with E-state index in [2.05, 4.69) is 15.9 Å². The topological polar surface area (TPSA) is 26.3 Å². The van der Waals surface area contributed by atoms with Crippen LogP contribution in [0.1, 0.15) is 18.9 Å². The van der Waals surface area contributed by atoms with Gasteiger partial charge in [-0.25, -0.2) is 0 Å². The second-order valence-corrected chi connectivity index (χ2v) is 4.23. The van der Waals surface area contributed by atoms with Crippen LogP contribution in [0.15, 0.2) is 28.7 Å². The summed E-state index contributed by atoms with van der Waals surface area (Å²) in [4.78, 5) is 10.5. The average molecular weight is 257 g/mol. The number of benzene rings is 1. The molecule has 3 heteroatoms. The van der Waals surface area contributed by atoms with Crippen molar-refractivity contribution in [2.45, 2.75) is 18.9 Å². The summed E-state index contributed by atoms with van der Waals surface area (Å²) >= 11 is 3.39. The molecule has 0 aromatic heterocycles. The van der Waals surface area contributed by atoms with E-state index in [0.29, 0.717) is 6.42 Å². The first-order valence-corrected chi connectivity index (χ1v) is 5.16. The molecule has 0 amide bonds. The number of hydrogen-bond donors (Lipinski definition) is 0. The van der Waals surface area contributed by atoms with Gasteiger partial charge in [0.05, 0.1) is 5.60 Å². The van der Waals surface area contributed by atoms with Gasteiger partial charge >= 0.3 is 0 Å². The maximum Gasteiger partial charge on any atom is 0.123 e. The number of halogens is 1. The van der Waals surface area contributed by atoms with Crippen LogP contribution >= 0.6 is 15.9 Å². The van der Waals surface area contributed by atoms with Gasteiger partial charge in [-0.1, -0.05) is 28.1 Å². The Kier molecular flexibility index (Phi) is 3.84. The van der Waals surface area contributed by atoms with Crippen molar-refractivity contribution < 1.29 is 9.53 Å². The molecule has 0 aliphatic carbocycles. The Hall–Kier alpha value is -0.670. The van der Waals surface area contributed by atoms with E-state index in [1.54, 1.807) is 7.11 Å². The minimum absolute atomic E-state index is 0.361. The van der Waals surface area contributed by atoms with Crippen molar-refractivity contribution in [2.75, 3.05) is 7.11 Å². The number of hydrogen-bond acceptors (Lipinski definition) is 2. The molecule has 1 unspecified atom stereocenters. The SMILES string of the molecule is COC(C)(CC=O)c1cccc(Br)c1. The highest BCUT2D eigenvalue weighted by molar-refractivity contribution is 9.10. The van der Waals surface area contributed by atoms with Crippen LogP contribution < -0.4 is 0 Å². The molecule has 2 nitrogen and oxygen atoms in total. The monoisotopic (exact) mass is 256 g/mol. The molecule has 0 saturated carbocycles. The molecule has 1 aromatic carbocycles. The molecule has 0 fully saturated rings. The molecule has 14 heavy (non-hydrogen) atoms. The Labute approximate surface area is 92.4 Å². The van der Waals surface area contributed by atoms with E-state index in [1.807, 2.05) is 31.2 Å². The molecule has 0 heterocycles. The highest BCUT2D eigenvalue weighted by Crippen LogP contribution is 2.29. The van der Waals surface area contributed by atoms with E-state index in [9.17, 15) is 4.79 Å². The van der Waals surface area contributed by atoms with Gasteiger partial charge in [0.25, 0.3) is 0 Å². The van der Waals surface area contributed by atoms with Crippen LogP contribution in [0.3, 0.4) is 0 Å². The predicted molar refractivity (Wildman–Crippen MR) is 59.2 cm³/mol. The molecule has 1 atom stereocenters. The van der Waals surface area contributed by atoms with Crippen molar-refractivity contribution in [3.63, 3.8) is 0 Å². The van der Waals surface area contributed by atoms with Gasteiger partial charge in [-0.15, -0.1) is 0 Å². The lowest BCUT2D eigenvalue weighted by Gasteiger charge is -2.26. The molecule has 76 valence electrons. The first-order valence-electron chi connectivity index (χ1n) is 4.37. The van der Waals surface area contributed by atoms with Crippen LogP contribution in [0.5, 0.6) is 0 Å². The van der Waals surface area contributed by atoms with E-state index >= 15 is 0 Å². The minimum Gasteiger partial charge on any atom is -0.373 e. The molecule has 0 aliphatic heterocycles. The van der Waals surface area contributed by atoms with E-state index in [1.165, 1.54) is 0 Å². The number of rotatable bonds is 4. The number of methoxy groups -OCH3 is 1. The Morgan fingerprint density at radius 3 is 2.79 bits per heavy atom. The zero-order valence-corrected chi connectivity index (χ0v) is 9.87. The van der Waals surface area contributed by atoms with Crippen LogP contribution in [0, 0.1) is 0 Å². The van der Waals surface area contributed by atoms with Gasteiger partial charge in [-0.3, -0.25) is 0 Å². The van der Waals surface area contributed by atoms with Crippen LogP contribution in [0.2, 0.25) is 0 Å². The molecule has 0 N–H and O–H groups in total. The van der Waals surface area contributed by atoms with Gasteiger partial charge in [-0.05, 0) is 24.6 Å². The summed E-state index contributed by atoms with van der Waals surface area (Å²) in [5.41, 5.74) is 0.479. The Morgan fingerprint density at radius 1 is 1.57 bits per heavy atom. The summed E-state index contributed by atoms with van der Waals surface area (Å²) in [6, 6.07) is 7.80. The maximum absolute atomic E-state index is 10.5. The first kappa shape index (κ1) is 11.4. The van der Waals surface area contributed by atoms with Crippen LogP contribution in [0.25, 0.3) is 0 Å². The number of carbonyl (C=O) groups is 1. The molecule has 1 aromatic rings. The third-order valence-electron chi connectivity index (χ3n) is 2.36. The molecule has 0 bridgehead atoms. The van der Waals surface area contributed by atoms with Crippen molar-refractivity contribution in [3.8, 4) is 0 Å². The quantitative estimate of drug-likeness (QED) is 0.775. The van der Waals surface area contributed by atoms with Gasteiger partial charge in [0.1, 0.15) is 6.29 Å². The van der Waals surface area contributed by atoms with Gasteiger partial charge in [-0.2, -0.15) is 0 Å². The van der Waals surface area contributed by atoms with Gasteiger partial charge in [0, 0.05) is 18.0 Å². The maximum atomic E-state index is 10.5. The molecular weight excluding hydrogens is 244 g/mol. The van der Waals surface area contributed by atoms with E-state index < -0.39 is 5.60 Å². The van der Waals surface area contributed by atoms with Gasteiger partial charge in [0.15, 0.2) is 0 Å². The second-order valence-electron chi connectivity index (χ2n) is 3.32. The minimum atomic E-state index is -0.522. The van der Waals surface area contributed by atoms with Crippen molar-refractivity contribution in [3.05, 3.63) is 34.3 Å². The summed E-state index contributed by atoms with van der Waals surface area (Å²) in [6.45, 7) is 1.91. The Morgan fingerprint density at radius 2 is 2.29 bits per heavy atom. The molecule has 0 aliphatic rings. The molecule has 0 spiro atoms. The van der Waals surface area contributed by atoms with E-state index in [4.69, 9.17) is 4.74 Å². The predicted octanol–water partition coefficient (Wildman–Crippen LogP) is 2.90. The Balaban J connectivity index is 3.05. The number of carbonyl (C=O) groups excluding carboxylic acids is 1. The van der Waals surface area contributed by atoms with E-state index in [-0.39, 0.29) is 0 Å². The number of ether oxygens (including phenoxy) is 1. The second kappa shape index (κ2) is 4.71. The molecule has 0 saturated heterocycles. The summed E-state index contributed by atoms with van der Waals surface area (Å²) < 4.78 is 6.36. The smallest absolute Gasteiger partial charge is 0.123 e. The van der Waals surface area contributed by atoms with Crippen LogP contribution in [-0.4, -0.2) is 13.4 Å². The van der Waals surface area contributed by atoms with Crippen molar-refractivity contribution in [2.24, 2.45) is 0 Å². The van der Waals surface area contributed by atoms with Crippen LogP contribution in [0.4, 0.5) is 0 Å². The Bertz CT molecular complexity index is 325. The first-order chi connectivity index (χ1) is 6.62. The summed E-state index contributed by atoms with van der Waals surface area (Å²) in [5, 5.41) is 0. The van der Waals surface area contributed by atoms with Crippen LogP contribution in [-0.2, 0) is 15.1 Å². The normalized spacial score (nSPS) is 14.8. The summed E-state index contributed by atoms with van der Waals surface area (Å²) in [6.07, 6.45) is 1.24. The third kappa shape index (κ3) is 2.42. The summed E-state index contributed by atoms with van der Waals surface area (Å²) in [5.74, 6) is 0. The average Bonchev–Trinajstić information content (AvgIpc) is 2.18. The van der Waals surface area contributed by atoms with Gasteiger partial charge < -0.3 is 9.53 Å². The highest BCUT2D eigenvalue weighted by atomic mass is 79.9. The molecule has 1 rings (SSSR count). The third-order valence-corrected chi connectivity index (χ3v) is 2.85. The lowest BCUT2D eigenvalue weighted by atomic mass is 9.93. The lowest BCUT2D eigenvalue weighted by molar-refractivity contribution is -0.113. The van der Waals surface area contributed by atoms with Crippen molar-refractivity contribution in [1.29, 1.82) is 0 Å². The molecule has 0 radical (unpaired) electrons. The van der Waals surface area contributed by atoms with Gasteiger partial charge in [0.2, 0.25) is 0 Å². The van der Waals surface area contributed by atoms with Crippen molar-refractivity contribution >= 4 is 22.2 Å². The lowest BCUT2D eigenvalue weighted by Crippen LogP contribution is -2.24. The fourth-order valence-electron chi connectivity index (χ4n) is 1.30.